The number of hydrogen-bond acceptors (Lipinski definition) is 3. The van der Waals surface area contributed by atoms with Gasteiger partial charge in [0.25, 0.3) is 0 Å². The third-order valence-corrected chi connectivity index (χ3v) is 3.51. The third kappa shape index (κ3) is 3.35. The van der Waals surface area contributed by atoms with Crippen molar-refractivity contribution in [2.45, 2.75) is 58.1 Å². The SMILES string of the molecule is CC(C)(C)OC(=O)N(CC1(CN)CC1)C1CC1. The van der Waals surface area contributed by atoms with E-state index in [-0.39, 0.29) is 11.5 Å². The highest BCUT2D eigenvalue weighted by Gasteiger charge is 2.47. The molecule has 0 radical (unpaired) electrons. The Morgan fingerprint density at radius 3 is 2.35 bits per heavy atom. The van der Waals surface area contributed by atoms with Gasteiger partial charge in [0.2, 0.25) is 0 Å². The van der Waals surface area contributed by atoms with Gasteiger partial charge in [0.15, 0.2) is 0 Å². The molecule has 2 aliphatic carbocycles. The molecule has 2 N–H and O–H groups in total. The van der Waals surface area contributed by atoms with E-state index in [0.29, 0.717) is 12.6 Å². The summed E-state index contributed by atoms with van der Waals surface area (Å²) < 4.78 is 5.47. The number of carbonyl (C=O) groups is 1. The average molecular weight is 240 g/mol. The van der Waals surface area contributed by atoms with Gasteiger partial charge in [-0.1, -0.05) is 0 Å². The van der Waals surface area contributed by atoms with Crippen LogP contribution >= 0.6 is 0 Å². The molecule has 4 heteroatoms. The van der Waals surface area contributed by atoms with Crippen molar-refractivity contribution in [2.24, 2.45) is 11.1 Å². The second-order valence-corrected chi connectivity index (χ2v) is 6.54. The maximum Gasteiger partial charge on any atom is 0.410 e. The number of carbonyl (C=O) groups excluding carboxylic acids is 1. The maximum absolute atomic E-state index is 12.1. The fraction of sp³-hybridized carbons (Fsp3) is 0.923. The first kappa shape index (κ1) is 12.7. The second kappa shape index (κ2) is 4.16. The smallest absolute Gasteiger partial charge is 0.410 e. The topological polar surface area (TPSA) is 55.6 Å². The molecule has 0 aromatic heterocycles. The van der Waals surface area contributed by atoms with E-state index in [4.69, 9.17) is 10.5 Å². The molecule has 2 rings (SSSR count). The predicted molar refractivity (Wildman–Crippen MR) is 66.7 cm³/mol. The van der Waals surface area contributed by atoms with Gasteiger partial charge in [0, 0.05) is 18.0 Å². The van der Waals surface area contributed by atoms with Crippen LogP contribution in [0.2, 0.25) is 0 Å². The molecule has 2 fully saturated rings. The summed E-state index contributed by atoms with van der Waals surface area (Å²) in [6.07, 6.45) is 4.35. The van der Waals surface area contributed by atoms with E-state index >= 15 is 0 Å². The zero-order chi connectivity index (χ0) is 12.7. The lowest BCUT2D eigenvalue weighted by molar-refractivity contribution is 0.0195. The van der Waals surface area contributed by atoms with Crippen LogP contribution in [-0.2, 0) is 4.74 Å². The Morgan fingerprint density at radius 1 is 1.41 bits per heavy atom. The molecular weight excluding hydrogens is 216 g/mol. The molecule has 0 saturated heterocycles. The highest BCUT2D eigenvalue weighted by atomic mass is 16.6. The molecule has 0 heterocycles. The Labute approximate surface area is 103 Å². The minimum Gasteiger partial charge on any atom is -0.444 e. The minimum atomic E-state index is -0.413. The highest BCUT2D eigenvalue weighted by Crippen LogP contribution is 2.46. The third-order valence-electron chi connectivity index (χ3n) is 3.51. The summed E-state index contributed by atoms with van der Waals surface area (Å²) in [6, 6.07) is 0.397. The van der Waals surface area contributed by atoms with E-state index in [1.165, 1.54) is 0 Å². The van der Waals surface area contributed by atoms with Crippen LogP contribution in [0.3, 0.4) is 0 Å². The molecule has 0 unspecified atom stereocenters. The molecule has 98 valence electrons. The number of nitrogens with two attached hydrogens (primary N) is 1. The molecule has 4 nitrogen and oxygen atoms in total. The van der Waals surface area contributed by atoms with Crippen molar-refractivity contribution in [3.05, 3.63) is 0 Å². The van der Waals surface area contributed by atoms with E-state index in [9.17, 15) is 4.79 Å². The molecule has 0 aliphatic heterocycles. The van der Waals surface area contributed by atoms with Gasteiger partial charge in [-0.2, -0.15) is 0 Å². The highest BCUT2D eigenvalue weighted by molar-refractivity contribution is 5.69. The Kier molecular flexibility index (Phi) is 3.10. The van der Waals surface area contributed by atoms with Crippen LogP contribution in [0.1, 0.15) is 46.5 Å². The molecule has 0 aromatic rings. The van der Waals surface area contributed by atoms with Crippen molar-refractivity contribution in [1.29, 1.82) is 0 Å². The molecule has 1 amide bonds. The summed E-state index contributed by atoms with van der Waals surface area (Å²) in [4.78, 5) is 14.0. The number of nitrogens with zero attached hydrogens (tertiary/aromatic N) is 1. The summed E-state index contributed by atoms with van der Waals surface area (Å²) in [5.41, 5.74) is 5.57. The van der Waals surface area contributed by atoms with Gasteiger partial charge in [0.05, 0.1) is 0 Å². The lowest BCUT2D eigenvalue weighted by Crippen LogP contribution is -2.43. The summed E-state index contributed by atoms with van der Waals surface area (Å²) in [5, 5.41) is 0. The lowest BCUT2D eigenvalue weighted by atomic mass is 10.1. The van der Waals surface area contributed by atoms with Crippen LogP contribution in [0.5, 0.6) is 0 Å². The first-order chi connectivity index (χ1) is 7.85. The number of amides is 1. The van der Waals surface area contributed by atoms with Gasteiger partial charge in [0.1, 0.15) is 5.60 Å². The van der Waals surface area contributed by atoms with E-state index < -0.39 is 5.60 Å². The standard InChI is InChI=1S/C13H24N2O2/c1-12(2,3)17-11(16)15(10-4-5-10)9-13(8-14)6-7-13/h10H,4-9,14H2,1-3H3. The van der Waals surface area contributed by atoms with Crippen molar-refractivity contribution >= 4 is 6.09 Å². The first-order valence-electron chi connectivity index (χ1n) is 6.55. The van der Waals surface area contributed by atoms with Crippen LogP contribution in [0, 0.1) is 5.41 Å². The zero-order valence-electron chi connectivity index (χ0n) is 11.2. The van der Waals surface area contributed by atoms with Crippen LogP contribution in [0.15, 0.2) is 0 Å². The molecule has 17 heavy (non-hydrogen) atoms. The normalized spacial score (nSPS) is 22.1. The number of ether oxygens (including phenoxy) is 1. The second-order valence-electron chi connectivity index (χ2n) is 6.54. The summed E-state index contributed by atoms with van der Waals surface area (Å²) in [7, 11) is 0. The molecule has 0 aromatic carbocycles. The largest absolute Gasteiger partial charge is 0.444 e. The van der Waals surface area contributed by atoms with Crippen molar-refractivity contribution in [3.8, 4) is 0 Å². The fourth-order valence-electron chi connectivity index (χ4n) is 2.01. The van der Waals surface area contributed by atoms with Crippen molar-refractivity contribution in [2.75, 3.05) is 13.1 Å². The Balaban J connectivity index is 1.95. The van der Waals surface area contributed by atoms with Gasteiger partial charge in [-0.25, -0.2) is 4.79 Å². The molecule has 0 spiro atoms. The molecule has 2 saturated carbocycles. The Morgan fingerprint density at radius 2 is 2.00 bits per heavy atom. The van der Waals surface area contributed by atoms with Crippen molar-refractivity contribution in [3.63, 3.8) is 0 Å². The van der Waals surface area contributed by atoms with Crippen LogP contribution in [0.4, 0.5) is 4.79 Å². The van der Waals surface area contributed by atoms with E-state index in [1.807, 2.05) is 25.7 Å². The number of hydrogen-bond donors (Lipinski definition) is 1. The van der Waals surface area contributed by atoms with E-state index in [0.717, 1.165) is 32.2 Å². The van der Waals surface area contributed by atoms with Gasteiger partial charge in [-0.05, 0) is 53.0 Å². The van der Waals surface area contributed by atoms with Crippen molar-refractivity contribution in [1.82, 2.24) is 4.90 Å². The summed E-state index contributed by atoms with van der Waals surface area (Å²) >= 11 is 0. The number of rotatable bonds is 4. The average Bonchev–Trinajstić information content (AvgIpc) is 3.07. The van der Waals surface area contributed by atoms with Crippen LogP contribution in [-0.4, -0.2) is 35.7 Å². The summed E-state index contributed by atoms with van der Waals surface area (Å²) in [6.45, 7) is 7.19. The molecule has 0 bridgehead atoms. The fourth-order valence-corrected chi connectivity index (χ4v) is 2.01. The van der Waals surface area contributed by atoms with Gasteiger partial charge < -0.3 is 15.4 Å². The van der Waals surface area contributed by atoms with Gasteiger partial charge in [-0.15, -0.1) is 0 Å². The van der Waals surface area contributed by atoms with Crippen LogP contribution < -0.4 is 5.73 Å². The van der Waals surface area contributed by atoms with Gasteiger partial charge in [-0.3, -0.25) is 0 Å². The molecule has 2 aliphatic rings. The quantitative estimate of drug-likeness (QED) is 0.819. The maximum atomic E-state index is 12.1. The Hall–Kier alpha value is -0.770. The predicted octanol–water partition coefficient (Wildman–Crippen LogP) is 2.12. The monoisotopic (exact) mass is 240 g/mol. The first-order valence-corrected chi connectivity index (χ1v) is 6.55. The zero-order valence-corrected chi connectivity index (χ0v) is 11.2. The molecular formula is C13H24N2O2. The summed E-state index contributed by atoms with van der Waals surface area (Å²) in [5.74, 6) is 0. The van der Waals surface area contributed by atoms with E-state index in [2.05, 4.69) is 0 Å². The van der Waals surface area contributed by atoms with E-state index in [1.54, 1.807) is 0 Å². The Bertz CT molecular complexity index is 301. The van der Waals surface area contributed by atoms with Crippen molar-refractivity contribution < 1.29 is 9.53 Å². The minimum absolute atomic E-state index is 0.167. The molecule has 0 atom stereocenters. The lowest BCUT2D eigenvalue weighted by Gasteiger charge is -2.30. The van der Waals surface area contributed by atoms with Gasteiger partial charge >= 0.3 is 6.09 Å². The van der Waals surface area contributed by atoms with Crippen LogP contribution in [0.25, 0.3) is 0 Å².